The SMILES string of the molecule is CC(C)(C)OC(=O)N[C@@H](Cc1c[nH]c2ccccc12)C(=O)Oc1ccc(-c2ccccc2)cc1. The maximum Gasteiger partial charge on any atom is 0.408 e. The van der Waals surface area contributed by atoms with E-state index in [1.165, 1.54) is 0 Å². The molecule has 0 aliphatic rings. The molecule has 1 amide bonds. The quantitative estimate of drug-likeness (QED) is 0.281. The minimum Gasteiger partial charge on any atom is -0.444 e. The van der Waals surface area contributed by atoms with Gasteiger partial charge in [0.25, 0.3) is 0 Å². The second-order valence-electron chi connectivity index (χ2n) is 9.07. The van der Waals surface area contributed by atoms with E-state index in [-0.39, 0.29) is 6.42 Å². The number of alkyl carbamates (subject to hydrolysis) is 1. The summed E-state index contributed by atoms with van der Waals surface area (Å²) >= 11 is 0. The molecule has 1 aromatic heterocycles. The number of fused-ring (bicyclic) bond motifs is 1. The van der Waals surface area contributed by atoms with Crippen molar-refractivity contribution in [1.82, 2.24) is 10.3 Å². The van der Waals surface area contributed by atoms with E-state index in [1.807, 2.05) is 72.9 Å². The molecular formula is C28H28N2O4. The number of para-hydroxylation sites is 1. The second kappa shape index (κ2) is 9.83. The molecule has 0 aliphatic heterocycles. The summed E-state index contributed by atoms with van der Waals surface area (Å²) in [5.74, 6) is -0.164. The molecule has 0 saturated heterocycles. The molecule has 0 bridgehead atoms. The number of benzene rings is 3. The van der Waals surface area contributed by atoms with E-state index in [0.717, 1.165) is 27.6 Å². The van der Waals surface area contributed by atoms with Crippen molar-refractivity contribution in [2.24, 2.45) is 0 Å². The molecule has 34 heavy (non-hydrogen) atoms. The standard InChI is InChI=1S/C28H28N2O4/c1-28(2,3)34-27(32)30-25(17-21-18-29-24-12-8-7-11-23(21)24)26(31)33-22-15-13-20(14-16-22)19-9-5-4-6-10-19/h4-16,18,25,29H,17H2,1-3H3,(H,30,32)/t25-/m0/s1. The van der Waals surface area contributed by atoms with E-state index in [1.54, 1.807) is 32.9 Å². The van der Waals surface area contributed by atoms with Crippen LogP contribution in [0.5, 0.6) is 5.75 Å². The summed E-state index contributed by atoms with van der Waals surface area (Å²) in [6, 6.07) is 24.1. The van der Waals surface area contributed by atoms with Gasteiger partial charge in [0.05, 0.1) is 0 Å². The van der Waals surface area contributed by atoms with E-state index >= 15 is 0 Å². The van der Waals surface area contributed by atoms with Gasteiger partial charge in [0, 0.05) is 23.5 Å². The normalized spacial score (nSPS) is 12.2. The number of aromatic nitrogens is 1. The summed E-state index contributed by atoms with van der Waals surface area (Å²) in [5, 5.41) is 3.67. The predicted octanol–water partition coefficient (Wildman–Crippen LogP) is 5.88. The number of hydrogen-bond donors (Lipinski definition) is 2. The zero-order valence-electron chi connectivity index (χ0n) is 19.5. The van der Waals surface area contributed by atoms with E-state index in [0.29, 0.717) is 5.75 Å². The van der Waals surface area contributed by atoms with Crippen LogP contribution in [-0.4, -0.2) is 28.7 Å². The molecule has 4 aromatic rings. The molecule has 174 valence electrons. The van der Waals surface area contributed by atoms with Crippen LogP contribution in [0.2, 0.25) is 0 Å². The Labute approximate surface area is 198 Å². The fourth-order valence-corrected chi connectivity index (χ4v) is 3.70. The van der Waals surface area contributed by atoms with Gasteiger partial charge in [-0.15, -0.1) is 0 Å². The van der Waals surface area contributed by atoms with Crippen molar-refractivity contribution in [1.29, 1.82) is 0 Å². The van der Waals surface area contributed by atoms with Crippen molar-refractivity contribution in [3.05, 3.63) is 90.6 Å². The third-order valence-electron chi connectivity index (χ3n) is 5.25. The number of rotatable bonds is 6. The van der Waals surface area contributed by atoms with Gasteiger partial charge in [-0.1, -0.05) is 60.7 Å². The molecular weight excluding hydrogens is 428 g/mol. The molecule has 0 unspecified atom stereocenters. The maximum absolute atomic E-state index is 13.1. The zero-order chi connectivity index (χ0) is 24.1. The summed E-state index contributed by atoms with van der Waals surface area (Å²) in [6.07, 6.45) is 1.43. The summed E-state index contributed by atoms with van der Waals surface area (Å²) in [4.78, 5) is 28.8. The number of carbonyl (C=O) groups excluding carboxylic acids is 2. The fourth-order valence-electron chi connectivity index (χ4n) is 3.70. The lowest BCUT2D eigenvalue weighted by molar-refractivity contribution is -0.136. The van der Waals surface area contributed by atoms with E-state index < -0.39 is 23.7 Å². The van der Waals surface area contributed by atoms with Gasteiger partial charge in [-0.05, 0) is 55.7 Å². The van der Waals surface area contributed by atoms with Crippen LogP contribution in [0.1, 0.15) is 26.3 Å². The highest BCUT2D eigenvalue weighted by Gasteiger charge is 2.27. The first-order valence-corrected chi connectivity index (χ1v) is 11.2. The van der Waals surface area contributed by atoms with Crippen LogP contribution in [0.3, 0.4) is 0 Å². The number of nitrogens with one attached hydrogen (secondary N) is 2. The highest BCUT2D eigenvalue weighted by Crippen LogP contribution is 2.23. The highest BCUT2D eigenvalue weighted by molar-refractivity contribution is 5.87. The molecule has 6 nitrogen and oxygen atoms in total. The monoisotopic (exact) mass is 456 g/mol. The lowest BCUT2D eigenvalue weighted by Crippen LogP contribution is -2.46. The first-order valence-electron chi connectivity index (χ1n) is 11.2. The predicted molar refractivity (Wildman–Crippen MR) is 133 cm³/mol. The minimum absolute atomic E-state index is 0.254. The van der Waals surface area contributed by atoms with Gasteiger partial charge in [-0.2, -0.15) is 0 Å². The van der Waals surface area contributed by atoms with Gasteiger partial charge in [0.15, 0.2) is 0 Å². The first-order chi connectivity index (χ1) is 16.3. The Kier molecular flexibility index (Phi) is 6.68. The number of ether oxygens (including phenoxy) is 2. The Hall–Kier alpha value is -4.06. The zero-order valence-corrected chi connectivity index (χ0v) is 19.5. The Morgan fingerprint density at radius 1 is 0.882 bits per heavy atom. The third kappa shape index (κ3) is 5.84. The average molecular weight is 457 g/mol. The Balaban J connectivity index is 1.52. The van der Waals surface area contributed by atoms with Crippen LogP contribution in [0.15, 0.2) is 85.1 Å². The average Bonchev–Trinajstić information content (AvgIpc) is 3.21. The van der Waals surface area contributed by atoms with Gasteiger partial charge in [0.1, 0.15) is 17.4 Å². The summed E-state index contributed by atoms with van der Waals surface area (Å²) in [6.45, 7) is 5.32. The molecule has 4 rings (SSSR count). The largest absolute Gasteiger partial charge is 0.444 e. The molecule has 0 radical (unpaired) electrons. The molecule has 0 saturated carbocycles. The number of hydrogen-bond acceptors (Lipinski definition) is 4. The molecule has 3 aromatic carbocycles. The molecule has 1 heterocycles. The Morgan fingerprint density at radius 3 is 2.24 bits per heavy atom. The topological polar surface area (TPSA) is 80.4 Å². The highest BCUT2D eigenvalue weighted by atomic mass is 16.6. The lowest BCUT2D eigenvalue weighted by atomic mass is 10.0. The third-order valence-corrected chi connectivity index (χ3v) is 5.25. The van der Waals surface area contributed by atoms with Crippen molar-refractivity contribution in [3.63, 3.8) is 0 Å². The van der Waals surface area contributed by atoms with Crippen molar-refractivity contribution in [3.8, 4) is 16.9 Å². The van der Waals surface area contributed by atoms with Crippen LogP contribution in [0.4, 0.5) is 4.79 Å². The van der Waals surface area contributed by atoms with Crippen molar-refractivity contribution in [2.45, 2.75) is 38.8 Å². The number of aromatic amines is 1. The van der Waals surface area contributed by atoms with Crippen LogP contribution < -0.4 is 10.1 Å². The smallest absolute Gasteiger partial charge is 0.408 e. The van der Waals surface area contributed by atoms with Crippen LogP contribution >= 0.6 is 0 Å². The minimum atomic E-state index is -0.928. The number of carbonyl (C=O) groups is 2. The summed E-state index contributed by atoms with van der Waals surface area (Å²) in [7, 11) is 0. The van der Waals surface area contributed by atoms with Crippen molar-refractivity contribution < 1.29 is 19.1 Å². The first kappa shape index (κ1) is 23.1. The van der Waals surface area contributed by atoms with Gasteiger partial charge in [0.2, 0.25) is 0 Å². The van der Waals surface area contributed by atoms with Crippen LogP contribution in [0.25, 0.3) is 22.0 Å². The molecule has 6 heteroatoms. The van der Waals surface area contributed by atoms with Crippen molar-refractivity contribution >= 4 is 23.0 Å². The molecule has 2 N–H and O–H groups in total. The van der Waals surface area contributed by atoms with E-state index in [9.17, 15) is 9.59 Å². The Morgan fingerprint density at radius 2 is 1.53 bits per heavy atom. The van der Waals surface area contributed by atoms with Crippen LogP contribution in [-0.2, 0) is 16.0 Å². The van der Waals surface area contributed by atoms with Crippen LogP contribution in [0, 0.1) is 0 Å². The van der Waals surface area contributed by atoms with Gasteiger partial charge in [-0.3, -0.25) is 0 Å². The van der Waals surface area contributed by atoms with E-state index in [2.05, 4.69) is 10.3 Å². The van der Waals surface area contributed by atoms with Gasteiger partial charge < -0.3 is 19.8 Å². The number of H-pyrrole nitrogens is 1. The number of esters is 1. The Bertz CT molecular complexity index is 1270. The second-order valence-corrected chi connectivity index (χ2v) is 9.07. The van der Waals surface area contributed by atoms with E-state index in [4.69, 9.17) is 9.47 Å². The fraction of sp³-hybridized carbons (Fsp3) is 0.214. The van der Waals surface area contributed by atoms with Gasteiger partial charge in [-0.25, -0.2) is 9.59 Å². The molecule has 0 aliphatic carbocycles. The molecule has 0 fully saturated rings. The van der Waals surface area contributed by atoms with Gasteiger partial charge >= 0.3 is 12.1 Å². The summed E-state index contributed by atoms with van der Waals surface area (Å²) in [5.41, 5.74) is 3.25. The van der Waals surface area contributed by atoms with Crippen molar-refractivity contribution in [2.75, 3.05) is 0 Å². The molecule has 0 spiro atoms. The summed E-state index contributed by atoms with van der Waals surface area (Å²) < 4.78 is 11.0. The maximum atomic E-state index is 13.1. The molecule has 1 atom stereocenters. The number of amides is 1. The lowest BCUT2D eigenvalue weighted by Gasteiger charge is -2.23.